The molecule has 2 aliphatic heterocycles. The first-order valence-electron chi connectivity index (χ1n) is 8.45. The third kappa shape index (κ3) is 3.57. The molecule has 3 aliphatic rings. The van der Waals surface area contributed by atoms with Crippen molar-refractivity contribution in [2.45, 2.75) is 63.5 Å². The fourth-order valence-electron chi connectivity index (χ4n) is 3.75. The van der Waals surface area contributed by atoms with Crippen molar-refractivity contribution >= 4 is 11.8 Å². The van der Waals surface area contributed by atoms with Gasteiger partial charge in [0.05, 0.1) is 0 Å². The number of piperidine rings is 1. The summed E-state index contributed by atoms with van der Waals surface area (Å²) in [6, 6.07) is 0.203. The SMILES string of the molecule is O=C(NC1CCN(C(=O)C2CCCC2)CC1)C1CCCO1. The number of ether oxygens (including phenoxy) is 1. The number of carbonyl (C=O) groups excluding carboxylic acids is 2. The van der Waals surface area contributed by atoms with Gasteiger partial charge in [-0.25, -0.2) is 0 Å². The summed E-state index contributed by atoms with van der Waals surface area (Å²) < 4.78 is 5.41. The van der Waals surface area contributed by atoms with Gasteiger partial charge in [0.25, 0.3) is 0 Å². The molecule has 3 rings (SSSR count). The minimum atomic E-state index is -0.247. The lowest BCUT2D eigenvalue weighted by Crippen LogP contribution is -2.49. The number of amides is 2. The highest BCUT2D eigenvalue weighted by atomic mass is 16.5. The van der Waals surface area contributed by atoms with Crippen LogP contribution in [0.4, 0.5) is 0 Å². The third-order valence-electron chi connectivity index (χ3n) is 5.08. The number of nitrogens with zero attached hydrogens (tertiary/aromatic N) is 1. The molecule has 2 saturated heterocycles. The summed E-state index contributed by atoms with van der Waals surface area (Å²) in [6.07, 6.45) is 7.84. The summed E-state index contributed by atoms with van der Waals surface area (Å²) in [5.74, 6) is 0.646. The molecular weight excluding hydrogens is 268 g/mol. The van der Waals surface area contributed by atoms with Crippen LogP contribution in [0.3, 0.4) is 0 Å². The van der Waals surface area contributed by atoms with Gasteiger partial charge in [0.2, 0.25) is 11.8 Å². The molecular formula is C16H26N2O3. The van der Waals surface area contributed by atoms with E-state index in [1.807, 2.05) is 4.90 Å². The summed E-state index contributed by atoms with van der Waals surface area (Å²) >= 11 is 0. The Morgan fingerprint density at radius 1 is 0.952 bits per heavy atom. The van der Waals surface area contributed by atoms with Crippen LogP contribution in [0.5, 0.6) is 0 Å². The van der Waals surface area contributed by atoms with Gasteiger partial charge in [0, 0.05) is 31.7 Å². The van der Waals surface area contributed by atoms with Crippen molar-refractivity contribution in [3.63, 3.8) is 0 Å². The maximum Gasteiger partial charge on any atom is 0.249 e. The normalized spacial score (nSPS) is 28.0. The number of rotatable bonds is 3. The van der Waals surface area contributed by atoms with Crippen molar-refractivity contribution in [2.24, 2.45) is 5.92 Å². The molecule has 0 aromatic heterocycles. The predicted octanol–water partition coefficient (Wildman–Crippen LogP) is 1.46. The Morgan fingerprint density at radius 2 is 1.67 bits per heavy atom. The minimum absolute atomic E-state index is 0.0352. The highest BCUT2D eigenvalue weighted by Gasteiger charge is 2.31. The van der Waals surface area contributed by atoms with Crippen molar-refractivity contribution in [3.8, 4) is 0 Å². The first kappa shape index (κ1) is 14.8. The van der Waals surface area contributed by atoms with Crippen LogP contribution in [-0.4, -0.2) is 48.6 Å². The summed E-state index contributed by atoms with van der Waals surface area (Å²) in [5, 5.41) is 3.09. The lowest BCUT2D eigenvalue weighted by Gasteiger charge is -2.34. The van der Waals surface area contributed by atoms with Crippen LogP contribution in [0.15, 0.2) is 0 Å². The van der Waals surface area contributed by atoms with Crippen LogP contribution >= 0.6 is 0 Å². The largest absolute Gasteiger partial charge is 0.368 e. The molecule has 1 saturated carbocycles. The van der Waals surface area contributed by atoms with Crippen LogP contribution in [0.2, 0.25) is 0 Å². The molecule has 0 radical (unpaired) electrons. The first-order chi connectivity index (χ1) is 10.2. The zero-order valence-electron chi connectivity index (χ0n) is 12.7. The smallest absolute Gasteiger partial charge is 0.249 e. The lowest BCUT2D eigenvalue weighted by atomic mass is 10.0. The van der Waals surface area contributed by atoms with Gasteiger partial charge in [0.1, 0.15) is 6.10 Å². The molecule has 0 aromatic carbocycles. The summed E-state index contributed by atoms with van der Waals surface area (Å²) in [4.78, 5) is 26.4. The van der Waals surface area contributed by atoms with Gasteiger partial charge in [-0.05, 0) is 38.5 Å². The van der Waals surface area contributed by atoms with E-state index in [0.29, 0.717) is 12.5 Å². The van der Waals surface area contributed by atoms with Gasteiger partial charge in [-0.2, -0.15) is 0 Å². The Balaban J connectivity index is 1.42. The van der Waals surface area contributed by atoms with Crippen molar-refractivity contribution in [2.75, 3.05) is 19.7 Å². The molecule has 1 atom stereocenters. The molecule has 3 fully saturated rings. The Labute approximate surface area is 126 Å². The maximum absolute atomic E-state index is 12.4. The molecule has 0 bridgehead atoms. The Hall–Kier alpha value is -1.10. The van der Waals surface area contributed by atoms with E-state index in [2.05, 4.69) is 5.32 Å². The number of nitrogens with one attached hydrogen (secondary N) is 1. The molecule has 0 aromatic rings. The quantitative estimate of drug-likeness (QED) is 0.857. The fourth-order valence-corrected chi connectivity index (χ4v) is 3.75. The van der Waals surface area contributed by atoms with Crippen molar-refractivity contribution in [3.05, 3.63) is 0 Å². The number of hydrogen-bond donors (Lipinski definition) is 1. The van der Waals surface area contributed by atoms with E-state index >= 15 is 0 Å². The molecule has 2 amide bonds. The second kappa shape index (κ2) is 6.77. The van der Waals surface area contributed by atoms with Crippen LogP contribution in [-0.2, 0) is 14.3 Å². The van der Waals surface area contributed by atoms with E-state index in [1.54, 1.807) is 0 Å². The average Bonchev–Trinajstić information content (AvgIpc) is 3.20. The van der Waals surface area contributed by atoms with E-state index in [9.17, 15) is 9.59 Å². The summed E-state index contributed by atoms with van der Waals surface area (Å²) in [6.45, 7) is 2.27. The standard InChI is InChI=1S/C16H26N2O3/c19-15(14-6-3-11-21-14)17-13-7-9-18(10-8-13)16(20)12-4-1-2-5-12/h12-14H,1-11H2,(H,17,19). The zero-order valence-corrected chi connectivity index (χ0v) is 12.7. The fraction of sp³-hybridized carbons (Fsp3) is 0.875. The van der Waals surface area contributed by atoms with Gasteiger partial charge in [-0.1, -0.05) is 12.8 Å². The Kier molecular flexibility index (Phi) is 4.78. The second-order valence-electron chi connectivity index (χ2n) is 6.59. The molecule has 1 N–H and O–H groups in total. The average molecular weight is 294 g/mol. The van der Waals surface area contributed by atoms with Crippen molar-refractivity contribution < 1.29 is 14.3 Å². The van der Waals surface area contributed by atoms with Crippen LogP contribution in [0.25, 0.3) is 0 Å². The summed E-state index contributed by atoms with van der Waals surface area (Å²) in [5.41, 5.74) is 0. The van der Waals surface area contributed by atoms with E-state index < -0.39 is 0 Å². The first-order valence-corrected chi connectivity index (χ1v) is 8.45. The third-order valence-corrected chi connectivity index (χ3v) is 5.08. The number of likely N-dealkylation sites (tertiary alicyclic amines) is 1. The monoisotopic (exact) mass is 294 g/mol. The second-order valence-corrected chi connectivity index (χ2v) is 6.59. The Bertz CT molecular complexity index is 379. The minimum Gasteiger partial charge on any atom is -0.368 e. The van der Waals surface area contributed by atoms with Crippen LogP contribution in [0, 0.1) is 5.92 Å². The molecule has 5 nitrogen and oxygen atoms in total. The molecule has 1 unspecified atom stereocenters. The summed E-state index contributed by atoms with van der Waals surface area (Å²) in [7, 11) is 0. The van der Waals surface area contributed by atoms with Gasteiger partial charge in [-0.3, -0.25) is 9.59 Å². The molecule has 0 spiro atoms. The van der Waals surface area contributed by atoms with Crippen molar-refractivity contribution in [1.29, 1.82) is 0 Å². The molecule has 2 heterocycles. The maximum atomic E-state index is 12.4. The van der Waals surface area contributed by atoms with E-state index in [1.165, 1.54) is 12.8 Å². The van der Waals surface area contributed by atoms with Crippen molar-refractivity contribution in [1.82, 2.24) is 10.2 Å². The molecule has 118 valence electrons. The topological polar surface area (TPSA) is 58.6 Å². The van der Waals surface area contributed by atoms with E-state index in [0.717, 1.165) is 51.6 Å². The molecule has 21 heavy (non-hydrogen) atoms. The molecule has 5 heteroatoms. The predicted molar refractivity (Wildman–Crippen MR) is 78.7 cm³/mol. The van der Waals surface area contributed by atoms with Gasteiger partial charge in [0.15, 0.2) is 0 Å². The van der Waals surface area contributed by atoms with Gasteiger partial charge in [-0.15, -0.1) is 0 Å². The van der Waals surface area contributed by atoms with Crippen LogP contribution in [0.1, 0.15) is 51.4 Å². The zero-order chi connectivity index (χ0) is 14.7. The van der Waals surface area contributed by atoms with E-state index in [4.69, 9.17) is 4.74 Å². The highest BCUT2D eigenvalue weighted by Crippen LogP contribution is 2.27. The van der Waals surface area contributed by atoms with Crippen LogP contribution < -0.4 is 5.32 Å². The number of hydrogen-bond acceptors (Lipinski definition) is 3. The van der Waals surface area contributed by atoms with E-state index in [-0.39, 0.29) is 24.0 Å². The number of carbonyl (C=O) groups is 2. The van der Waals surface area contributed by atoms with Gasteiger partial charge < -0.3 is 15.0 Å². The molecule has 1 aliphatic carbocycles. The van der Waals surface area contributed by atoms with Gasteiger partial charge >= 0.3 is 0 Å². The lowest BCUT2D eigenvalue weighted by molar-refractivity contribution is -0.136. The highest BCUT2D eigenvalue weighted by molar-refractivity contribution is 5.81. The Morgan fingerprint density at radius 3 is 2.29 bits per heavy atom.